The van der Waals surface area contributed by atoms with Crippen molar-refractivity contribution in [3.05, 3.63) is 71.8 Å². The summed E-state index contributed by atoms with van der Waals surface area (Å²) in [5, 5.41) is 0. The summed E-state index contributed by atoms with van der Waals surface area (Å²) < 4.78 is 0. The molecule has 0 fully saturated rings. The Balaban J connectivity index is 0.000000829. The van der Waals surface area contributed by atoms with E-state index in [-0.39, 0.29) is 0 Å². The van der Waals surface area contributed by atoms with Crippen LogP contribution in [-0.4, -0.2) is 0 Å². The van der Waals surface area contributed by atoms with Crippen molar-refractivity contribution in [3.8, 4) is 0 Å². The van der Waals surface area contributed by atoms with E-state index in [1.54, 1.807) is 0 Å². The molecule has 0 nitrogen and oxygen atoms in total. The summed E-state index contributed by atoms with van der Waals surface area (Å²) in [5.74, 6) is 0. The molecule has 0 atom stereocenters. The lowest BCUT2D eigenvalue weighted by Crippen LogP contribution is -1.85. The van der Waals surface area contributed by atoms with Gasteiger partial charge in [0.05, 0.1) is 0 Å². The van der Waals surface area contributed by atoms with Gasteiger partial charge in [0.25, 0.3) is 0 Å². The van der Waals surface area contributed by atoms with Crippen LogP contribution in [0.3, 0.4) is 0 Å². The Labute approximate surface area is 125 Å². The van der Waals surface area contributed by atoms with Crippen molar-refractivity contribution in [3.63, 3.8) is 0 Å². The van der Waals surface area contributed by atoms with Crippen LogP contribution in [0.2, 0.25) is 0 Å². The molecule has 2 rings (SSSR count). The molecule has 2 aromatic carbocycles. The summed E-state index contributed by atoms with van der Waals surface area (Å²) in [6.45, 7) is 12.4. The summed E-state index contributed by atoms with van der Waals surface area (Å²) >= 11 is 0. The van der Waals surface area contributed by atoms with Gasteiger partial charge in [-0.1, -0.05) is 88.4 Å². The number of rotatable bonds is 2. The second kappa shape index (κ2) is 11.0. The smallest absolute Gasteiger partial charge is 0.0224 e. The van der Waals surface area contributed by atoms with Gasteiger partial charge in [0.15, 0.2) is 0 Å². The first-order chi connectivity index (χ1) is 9.79. The molecule has 0 saturated heterocycles. The van der Waals surface area contributed by atoms with E-state index in [9.17, 15) is 0 Å². The van der Waals surface area contributed by atoms with Gasteiger partial charge in [0, 0.05) is 0 Å². The Morgan fingerprint density at radius 1 is 0.500 bits per heavy atom. The first-order valence-electron chi connectivity index (χ1n) is 7.57. The lowest BCUT2D eigenvalue weighted by Gasteiger charge is -2.08. The van der Waals surface area contributed by atoms with E-state index in [1.165, 1.54) is 22.3 Å². The summed E-state index contributed by atoms with van der Waals surface area (Å²) in [4.78, 5) is 0. The molecule has 20 heavy (non-hydrogen) atoms. The van der Waals surface area contributed by atoms with Crippen LogP contribution in [0.4, 0.5) is 0 Å². The zero-order chi connectivity index (χ0) is 15.4. The van der Waals surface area contributed by atoms with E-state index in [4.69, 9.17) is 0 Å². The van der Waals surface area contributed by atoms with Crippen molar-refractivity contribution >= 4 is 11.1 Å². The van der Waals surface area contributed by atoms with Crippen LogP contribution < -0.4 is 0 Å². The predicted octanol–water partition coefficient (Wildman–Crippen LogP) is 6.69. The fraction of sp³-hybridized carbons (Fsp3) is 0.300. The van der Waals surface area contributed by atoms with Gasteiger partial charge in [-0.15, -0.1) is 0 Å². The Hall–Kier alpha value is -1.82. The minimum atomic E-state index is 1.30. The quantitative estimate of drug-likeness (QED) is 0.532. The highest BCUT2D eigenvalue weighted by Gasteiger charge is 2.01. The molecular weight excluding hydrogens is 240 g/mol. The molecule has 0 radical (unpaired) electrons. The minimum absolute atomic E-state index is 1.30. The van der Waals surface area contributed by atoms with E-state index in [1.807, 2.05) is 27.7 Å². The Morgan fingerprint density at radius 2 is 0.750 bits per heavy atom. The van der Waals surface area contributed by atoms with Crippen LogP contribution in [0.5, 0.6) is 0 Å². The fourth-order valence-corrected chi connectivity index (χ4v) is 1.81. The maximum absolute atomic E-state index is 2.18. The molecule has 0 unspecified atom stereocenters. The van der Waals surface area contributed by atoms with E-state index >= 15 is 0 Å². The molecule has 0 heterocycles. The Morgan fingerprint density at radius 3 is 1.00 bits per heavy atom. The summed E-state index contributed by atoms with van der Waals surface area (Å²) in [7, 11) is 0. The average molecular weight is 268 g/mol. The van der Waals surface area contributed by atoms with Crippen LogP contribution >= 0.6 is 0 Å². The monoisotopic (exact) mass is 268 g/mol. The Kier molecular flexibility index (Phi) is 10.0. The molecule has 0 spiro atoms. The van der Waals surface area contributed by atoms with Crippen molar-refractivity contribution in [1.82, 2.24) is 0 Å². The molecule has 0 aliphatic carbocycles. The van der Waals surface area contributed by atoms with Crippen molar-refractivity contribution in [2.45, 2.75) is 41.5 Å². The van der Waals surface area contributed by atoms with Gasteiger partial charge in [-0.05, 0) is 36.1 Å². The lowest BCUT2D eigenvalue weighted by molar-refractivity contribution is 1.50. The number of benzene rings is 2. The van der Waals surface area contributed by atoms with Crippen LogP contribution in [0.1, 0.15) is 52.7 Å². The molecule has 0 aliphatic heterocycles. The van der Waals surface area contributed by atoms with Gasteiger partial charge in [0.1, 0.15) is 0 Å². The SMILES string of the molecule is C/C(=C(/C)c1ccccc1)c1ccccc1.CC.CC. The molecule has 2 aromatic rings. The van der Waals surface area contributed by atoms with Gasteiger partial charge >= 0.3 is 0 Å². The van der Waals surface area contributed by atoms with Crippen LogP contribution in [0, 0.1) is 0 Å². The van der Waals surface area contributed by atoms with Gasteiger partial charge in [-0.3, -0.25) is 0 Å². The second-order valence-electron chi connectivity index (χ2n) is 3.98. The van der Waals surface area contributed by atoms with E-state index in [0.29, 0.717) is 0 Å². The van der Waals surface area contributed by atoms with E-state index < -0.39 is 0 Å². The van der Waals surface area contributed by atoms with Crippen molar-refractivity contribution < 1.29 is 0 Å². The highest BCUT2D eigenvalue weighted by Crippen LogP contribution is 2.24. The molecule has 0 bridgehead atoms. The third kappa shape index (κ3) is 5.44. The zero-order valence-corrected chi connectivity index (χ0v) is 13.8. The Bertz CT molecular complexity index is 430. The average Bonchev–Trinajstić information content (AvgIpc) is 2.59. The predicted molar refractivity (Wildman–Crippen MR) is 93.7 cm³/mol. The topological polar surface area (TPSA) is 0 Å². The zero-order valence-electron chi connectivity index (χ0n) is 13.8. The molecule has 0 aliphatic rings. The van der Waals surface area contributed by atoms with Gasteiger partial charge in [-0.25, -0.2) is 0 Å². The molecule has 108 valence electrons. The maximum Gasteiger partial charge on any atom is -0.0224 e. The highest BCUT2D eigenvalue weighted by molar-refractivity contribution is 5.88. The van der Waals surface area contributed by atoms with E-state index in [2.05, 4.69) is 74.5 Å². The van der Waals surface area contributed by atoms with Crippen LogP contribution in [0.25, 0.3) is 11.1 Å². The first-order valence-corrected chi connectivity index (χ1v) is 7.57. The largest absolute Gasteiger partial charge is 0.0683 e. The molecular formula is C20H28. The van der Waals surface area contributed by atoms with Crippen molar-refractivity contribution in [1.29, 1.82) is 0 Å². The van der Waals surface area contributed by atoms with E-state index in [0.717, 1.165) is 0 Å². The normalized spacial score (nSPS) is 10.3. The second-order valence-corrected chi connectivity index (χ2v) is 3.98. The maximum atomic E-state index is 2.18. The highest BCUT2D eigenvalue weighted by atomic mass is 14.1. The van der Waals surface area contributed by atoms with Crippen LogP contribution in [-0.2, 0) is 0 Å². The number of allylic oxidation sites excluding steroid dienone is 2. The third-order valence-electron chi connectivity index (χ3n) is 2.98. The third-order valence-corrected chi connectivity index (χ3v) is 2.98. The summed E-state index contributed by atoms with van der Waals surface area (Å²) in [5.41, 5.74) is 5.27. The van der Waals surface area contributed by atoms with Gasteiger partial charge in [0.2, 0.25) is 0 Å². The van der Waals surface area contributed by atoms with Crippen molar-refractivity contribution in [2.75, 3.05) is 0 Å². The number of hydrogen-bond acceptors (Lipinski definition) is 0. The molecule has 0 heteroatoms. The summed E-state index contributed by atoms with van der Waals surface area (Å²) in [6.07, 6.45) is 0. The molecule has 0 aromatic heterocycles. The van der Waals surface area contributed by atoms with Crippen molar-refractivity contribution in [2.24, 2.45) is 0 Å². The lowest BCUT2D eigenvalue weighted by atomic mass is 9.97. The fourth-order valence-electron chi connectivity index (χ4n) is 1.81. The van der Waals surface area contributed by atoms with Crippen LogP contribution in [0.15, 0.2) is 60.7 Å². The van der Waals surface area contributed by atoms with Gasteiger partial charge < -0.3 is 0 Å². The summed E-state index contributed by atoms with van der Waals surface area (Å²) in [6, 6.07) is 21.0. The minimum Gasteiger partial charge on any atom is -0.0683 e. The number of hydrogen-bond donors (Lipinski definition) is 0. The standard InChI is InChI=1S/C16H16.2C2H6/c1-13(15-9-5-3-6-10-15)14(2)16-11-7-4-8-12-16;2*1-2/h3-12H,1-2H3;2*1-2H3/b14-13+;;. The molecule has 0 N–H and O–H groups in total. The first kappa shape index (κ1) is 18.2. The van der Waals surface area contributed by atoms with Gasteiger partial charge in [-0.2, -0.15) is 0 Å². The molecule has 0 amide bonds. The molecule has 0 saturated carbocycles.